The van der Waals surface area contributed by atoms with Gasteiger partial charge in [0.1, 0.15) is 0 Å². The van der Waals surface area contributed by atoms with Crippen molar-refractivity contribution in [1.82, 2.24) is 19.8 Å². The lowest BCUT2D eigenvalue weighted by atomic mass is 9.93. The van der Waals surface area contributed by atoms with Gasteiger partial charge in [0.2, 0.25) is 11.9 Å². The number of piperidine rings is 1. The third-order valence-corrected chi connectivity index (χ3v) is 5.94. The van der Waals surface area contributed by atoms with Crippen LogP contribution in [0.1, 0.15) is 36.6 Å². The molecule has 172 valence electrons. The minimum atomic E-state index is -4.46. The minimum Gasteiger partial charge on any atom is -0.379 e. The van der Waals surface area contributed by atoms with Gasteiger partial charge in [-0.1, -0.05) is 12.1 Å². The van der Waals surface area contributed by atoms with Crippen LogP contribution >= 0.6 is 0 Å². The molecule has 4 rings (SSSR count). The number of carbonyl (C=O) groups is 1. The fourth-order valence-corrected chi connectivity index (χ4v) is 4.30. The van der Waals surface area contributed by atoms with Gasteiger partial charge in [-0.25, -0.2) is 9.97 Å². The second kappa shape index (κ2) is 9.41. The van der Waals surface area contributed by atoms with Crippen LogP contribution in [-0.2, 0) is 15.7 Å². The minimum absolute atomic E-state index is 0.0243. The third-order valence-electron chi connectivity index (χ3n) is 5.94. The molecule has 2 aliphatic rings. The second-order valence-corrected chi connectivity index (χ2v) is 8.09. The van der Waals surface area contributed by atoms with Crippen molar-refractivity contribution in [2.75, 3.05) is 45.1 Å². The molecule has 1 aromatic heterocycles. The summed E-state index contributed by atoms with van der Waals surface area (Å²) in [4.78, 5) is 25.5. The number of benzene rings is 1. The normalized spacial score (nSPS) is 20.3. The van der Waals surface area contributed by atoms with Crippen LogP contribution in [0.25, 0.3) is 11.1 Å². The van der Waals surface area contributed by atoms with Crippen molar-refractivity contribution in [3.05, 3.63) is 41.7 Å². The number of halogens is 3. The summed E-state index contributed by atoms with van der Waals surface area (Å²) in [6, 6.07) is 4.70. The first-order valence-corrected chi connectivity index (χ1v) is 10.7. The molecule has 1 aromatic carbocycles. The summed E-state index contributed by atoms with van der Waals surface area (Å²) in [7, 11) is 0. The second-order valence-electron chi connectivity index (χ2n) is 8.09. The lowest BCUT2D eigenvalue weighted by Crippen LogP contribution is -2.47. The van der Waals surface area contributed by atoms with E-state index in [0.29, 0.717) is 56.1 Å². The van der Waals surface area contributed by atoms with Gasteiger partial charge in [0.05, 0.1) is 37.1 Å². The van der Waals surface area contributed by atoms with Crippen LogP contribution in [0.5, 0.6) is 0 Å². The molecule has 1 atom stereocenters. The highest BCUT2D eigenvalue weighted by Gasteiger charge is 2.34. The number of nitrogens with two attached hydrogens (primary N) is 1. The number of rotatable bonds is 4. The monoisotopic (exact) mass is 449 g/mol. The number of morpholine rings is 1. The quantitative estimate of drug-likeness (QED) is 0.772. The van der Waals surface area contributed by atoms with Crippen LogP contribution in [0.15, 0.2) is 30.5 Å². The standard InChI is InChI=1S/C22H26F3N5O2/c23-22(24,25)16-5-3-4-15(12-16)17-13-27-21(26)28-20(17)18-6-1-2-7-30(18)19(31)14-29-8-10-32-11-9-29/h3-5,12-13,18H,1-2,6-11,14H2,(H2,26,27,28)/t18-/m1/s1. The predicted molar refractivity (Wildman–Crippen MR) is 112 cm³/mol. The Kier molecular flexibility index (Phi) is 6.61. The fourth-order valence-electron chi connectivity index (χ4n) is 4.30. The van der Waals surface area contributed by atoms with Gasteiger partial charge in [-0.3, -0.25) is 9.69 Å². The number of hydrogen-bond donors (Lipinski definition) is 1. The van der Waals surface area contributed by atoms with Crippen LogP contribution in [0.4, 0.5) is 19.1 Å². The number of ether oxygens (including phenoxy) is 1. The van der Waals surface area contributed by atoms with Gasteiger partial charge in [-0.2, -0.15) is 13.2 Å². The van der Waals surface area contributed by atoms with Gasteiger partial charge >= 0.3 is 6.18 Å². The third kappa shape index (κ3) is 5.02. The van der Waals surface area contributed by atoms with Gasteiger partial charge in [-0.15, -0.1) is 0 Å². The molecule has 0 aliphatic carbocycles. The van der Waals surface area contributed by atoms with Gasteiger partial charge in [0.25, 0.3) is 0 Å². The molecule has 2 saturated heterocycles. The van der Waals surface area contributed by atoms with E-state index in [-0.39, 0.29) is 24.4 Å². The van der Waals surface area contributed by atoms with E-state index in [4.69, 9.17) is 10.5 Å². The predicted octanol–water partition coefficient (Wildman–Crippen LogP) is 3.13. The van der Waals surface area contributed by atoms with Crippen molar-refractivity contribution in [3.8, 4) is 11.1 Å². The largest absolute Gasteiger partial charge is 0.416 e. The average Bonchev–Trinajstić information content (AvgIpc) is 2.79. The highest BCUT2D eigenvalue weighted by Crippen LogP contribution is 2.38. The summed E-state index contributed by atoms with van der Waals surface area (Å²) in [5.41, 5.74) is 6.41. The summed E-state index contributed by atoms with van der Waals surface area (Å²) >= 11 is 0. The highest BCUT2D eigenvalue weighted by atomic mass is 19.4. The van der Waals surface area contributed by atoms with Crippen LogP contribution < -0.4 is 5.73 Å². The van der Waals surface area contributed by atoms with E-state index in [1.165, 1.54) is 12.3 Å². The summed E-state index contributed by atoms with van der Waals surface area (Å²) in [6.07, 6.45) is -0.595. The molecule has 0 spiro atoms. The maximum Gasteiger partial charge on any atom is 0.416 e. The molecule has 1 amide bonds. The number of likely N-dealkylation sites (tertiary alicyclic amines) is 1. The van der Waals surface area contributed by atoms with Gasteiger partial charge in [-0.05, 0) is 37.0 Å². The number of amides is 1. The maximum atomic E-state index is 13.3. The molecule has 2 N–H and O–H groups in total. The van der Waals surface area contributed by atoms with Crippen molar-refractivity contribution in [2.45, 2.75) is 31.5 Å². The van der Waals surface area contributed by atoms with Crippen LogP contribution in [0.3, 0.4) is 0 Å². The number of nitrogens with zero attached hydrogens (tertiary/aromatic N) is 4. The fraction of sp³-hybridized carbons (Fsp3) is 0.500. The van der Waals surface area contributed by atoms with Crippen molar-refractivity contribution < 1.29 is 22.7 Å². The van der Waals surface area contributed by atoms with Gasteiger partial charge in [0.15, 0.2) is 0 Å². The number of anilines is 1. The topological polar surface area (TPSA) is 84.6 Å². The zero-order valence-corrected chi connectivity index (χ0v) is 17.6. The van der Waals surface area contributed by atoms with E-state index in [1.807, 2.05) is 0 Å². The summed E-state index contributed by atoms with van der Waals surface area (Å²) in [5.74, 6) is 0.00523. The molecule has 7 nitrogen and oxygen atoms in total. The molecule has 0 saturated carbocycles. The van der Waals surface area contributed by atoms with E-state index in [0.717, 1.165) is 25.0 Å². The van der Waals surface area contributed by atoms with Crippen molar-refractivity contribution in [3.63, 3.8) is 0 Å². The summed E-state index contributed by atoms with van der Waals surface area (Å²) in [6.45, 7) is 3.43. The number of carbonyl (C=O) groups excluding carboxylic acids is 1. The number of alkyl halides is 3. The smallest absolute Gasteiger partial charge is 0.379 e. The van der Waals surface area contributed by atoms with Crippen molar-refractivity contribution >= 4 is 11.9 Å². The van der Waals surface area contributed by atoms with E-state index in [1.54, 1.807) is 11.0 Å². The van der Waals surface area contributed by atoms with E-state index < -0.39 is 11.7 Å². The Bertz CT molecular complexity index is 963. The Morgan fingerprint density at radius 2 is 1.97 bits per heavy atom. The van der Waals surface area contributed by atoms with Crippen molar-refractivity contribution in [1.29, 1.82) is 0 Å². The van der Waals surface area contributed by atoms with Crippen LogP contribution in [0, 0.1) is 0 Å². The number of nitrogen functional groups attached to an aromatic ring is 1. The molecule has 0 unspecified atom stereocenters. The number of hydrogen-bond acceptors (Lipinski definition) is 6. The van der Waals surface area contributed by atoms with E-state index in [2.05, 4.69) is 14.9 Å². The Morgan fingerprint density at radius 3 is 2.72 bits per heavy atom. The Morgan fingerprint density at radius 1 is 1.19 bits per heavy atom. The lowest BCUT2D eigenvalue weighted by molar-refractivity contribution is -0.138. The molecule has 2 fully saturated rings. The molecule has 10 heteroatoms. The van der Waals surface area contributed by atoms with Gasteiger partial charge < -0.3 is 15.4 Å². The SMILES string of the molecule is Nc1ncc(-c2cccc(C(F)(F)F)c2)c([C@H]2CCCCN2C(=O)CN2CCOCC2)n1. The zero-order valence-electron chi connectivity index (χ0n) is 17.6. The van der Waals surface area contributed by atoms with Crippen LogP contribution in [-0.4, -0.2) is 65.1 Å². The van der Waals surface area contributed by atoms with Crippen LogP contribution in [0.2, 0.25) is 0 Å². The molecule has 0 radical (unpaired) electrons. The average molecular weight is 449 g/mol. The molecule has 0 bridgehead atoms. The molecule has 32 heavy (non-hydrogen) atoms. The van der Waals surface area contributed by atoms with Crippen molar-refractivity contribution in [2.24, 2.45) is 0 Å². The maximum absolute atomic E-state index is 13.3. The highest BCUT2D eigenvalue weighted by molar-refractivity contribution is 5.79. The van der Waals surface area contributed by atoms with E-state index >= 15 is 0 Å². The molecular formula is C22H26F3N5O2. The summed E-state index contributed by atoms with van der Waals surface area (Å²) < 4.78 is 45.2. The van der Waals surface area contributed by atoms with Gasteiger partial charge in [0, 0.05) is 31.4 Å². The number of aromatic nitrogens is 2. The zero-order chi connectivity index (χ0) is 22.7. The Hall–Kier alpha value is -2.72. The Labute approximate surface area is 184 Å². The first-order chi connectivity index (χ1) is 15.3. The Balaban J connectivity index is 1.67. The first kappa shape index (κ1) is 22.5. The summed E-state index contributed by atoms with van der Waals surface area (Å²) in [5, 5.41) is 0. The van der Waals surface area contributed by atoms with E-state index in [9.17, 15) is 18.0 Å². The molecular weight excluding hydrogens is 423 g/mol. The lowest BCUT2D eigenvalue weighted by Gasteiger charge is -2.38. The molecule has 2 aliphatic heterocycles. The molecule has 2 aromatic rings. The first-order valence-electron chi connectivity index (χ1n) is 10.7. The molecule has 3 heterocycles.